The van der Waals surface area contributed by atoms with Crippen LogP contribution in [0.3, 0.4) is 0 Å². The van der Waals surface area contributed by atoms with Crippen LogP contribution in [-0.4, -0.2) is 62.1 Å². The van der Waals surface area contributed by atoms with Crippen LogP contribution in [0.1, 0.15) is 43.6 Å². The molecule has 1 saturated heterocycles. The molecule has 1 aliphatic heterocycles. The Morgan fingerprint density at radius 2 is 1.87 bits per heavy atom. The molecule has 1 aliphatic rings. The zero-order valence-electron chi connectivity index (χ0n) is 22.4. The van der Waals surface area contributed by atoms with Crippen molar-refractivity contribution in [2.24, 2.45) is 5.92 Å². The Hall–Kier alpha value is -4.02. The van der Waals surface area contributed by atoms with Crippen molar-refractivity contribution in [3.8, 4) is 11.3 Å². The van der Waals surface area contributed by atoms with E-state index in [1.54, 1.807) is 4.40 Å². The van der Waals surface area contributed by atoms with Crippen molar-refractivity contribution in [3.63, 3.8) is 0 Å². The summed E-state index contributed by atoms with van der Waals surface area (Å²) in [6.45, 7) is 5.99. The van der Waals surface area contributed by atoms with E-state index in [4.69, 9.17) is 4.98 Å². The Morgan fingerprint density at radius 1 is 1.10 bits per heavy atom. The first-order valence-electron chi connectivity index (χ1n) is 13.6. The lowest BCUT2D eigenvalue weighted by atomic mass is 10.0. The van der Waals surface area contributed by atoms with Crippen molar-refractivity contribution < 1.29 is 9.90 Å². The maximum absolute atomic E-state index is 13.6. The number of rotatable bonds is 10. The second-order valence-electron chi connectivity index (χ2n) is 10.4. The van der Waals surface area contributed by atoms with E-state index in [0.717, 1.165) is 37.3 Å². The van der Waals surface area contributed by atoms with Crippen LogP contribution in [0, 0.1) is 5.92 Å². The van der Waals surface area contributed by atoms with E-state index in [1.165, 1.54) is 6.33 Å². The standard InChI is InChI=1S/C29H36N8O2/c1-19(2)15-22(17-38)34-29(39)27-26(20-7-4-3-5-8-20)36-28-23(9-6-14-37(27)28)35-25-16-24(31-18-32-25)33-21-10-12-30-13-11-21/h3-9,14,16,18-19,21-22,30,38H,10-13,15,17H2,1-2H3,(H,34,39)(H2,31,32,33,35)/t22-/m0/s1. The van der Waals surface area contributed by atoms with Crippen LogP contribution in [0.2, 0.25) is 0 Å². The van der Waals surface area contributed by atoms with Crippen LogP contribution in [-0.2, 0) is 0 Å². The Balaban J connectivity index is 1.48. The van der Waals surface area contributed by atoms with E-state index in [-0.39, 0.29) is 18.6 Å². The van der Waals surface area contributed by atoms with Crippen LogP contribution >= 0.6 is 0 Å². The number of fused-ring (bicyclic) bond motifs is 1. The second-order valence-corrected chi connectivity index (χ2v) is 10.4. The number of pyridine rings is 1. The van der Waals surface area contributed by atoms with Gasteiger partial charge in [0.25, 0.3) is 5.91 Å². The zero-order chi connectivity index (χ0) is 27.2. The van der Waals surface area contributed by atoms with Gasteiger partial charge < -0.3 is 26.4 Å². The number of nitrogens with zero attached hydrogens (tertiary/aromatic N) is 4. The minimum Gasteiger partial charge on any atom is -0.394 e. The summed E-state index contributed by atoms with van der Waals surface area (Å²) in [7, 11) is 0. The highest BCUT2D eigenvalue weighted by Crippen LogP contribution is 2.29. The van der Waals surface area contributed by atoms with E-state index in [2.05, 4.69) is 45.1 Å². The number of imidazole rings is 1. The lowest BCUT2D eigenvalue weighted by Gasteiger charge is -2.24. The van der Waals surface area contributed by atoms with Gasteiger partial charge in [-0.05, 0) is 50.4 Å². The smallest absolute Gasteiger partial charge is 0.270 e. The van der Waals surface area contributed by atoms with Crippen LogP contribution < -0.4 is 21.3 Å². The lowest BCUT2D eigenvalue weighted by molar-refractivity contribution is 0.0903. The highest BCUT2D eigenvalue weighted by molar-refractivity contribution is 6.00. The van der Waals surface area contributed by atoms with Crippen LogP contribution in [0.15, 0.2) is 61.1 Å². The predicted octanol–water partition coefficient (Wildman–Crippen LogP) is 3.84. The number of amides is 1. The molecule has 0 aliphatic carbocycles. The topological polar surface area (TPSA) is 128 Å². The third-order valence-electron chi connectivity index (χ3n) is 6.84. The molecular weight excluding hydrogens is 492 g/mol. The van der Waals surface area contributed by atoms with Gasteiger partial charge in [0, 0.05) is 23.9 Å². The van der Waals surface area contributed by atoms with Gasteiger partial charge in [0.05, 0.1) is 18.3 Å². The van der Waals surface area contributed by atoms with Crippen molar-refractivity contribution in [1.82, 2.24) is 30.0 Å². The molecule has 204 valence electrons. The molecule has 10 heteroatoms. The second kappa shape index (κ2) is 12.2. The van der Waals surface area contributed by atoms with Gasteiger partial charge in [-0.1, -0.05) is 44.2 Å². The van der Waals surface area contributed by atoms with Crippen LogP contribution in [0.5, 0.6) is 0 Å². The van der Waals surface area contributed by atoms with E-state index >= 15 is 0 Å². The molecule has 5 rings (SSSR count). The quantitative estimate of drug-likeness (QED) is 0.210. The van der Waals surface area contributed by atoms with Crippen molar-refractivity contribution in [2.45, 2.75) is 45.2 Å². The molecule has 0 unspecified atom stereocenters. The molecule has 39 heavy (non-hydrogen) atoms. The number of piperidine rings is 1. The number of anilines is 3. The minimum absolute atomic E-state index is 0.129. The molecule has 1 fully saturated rings. The fraction of sp³-hybridized carbons (Fsp3) is 0.379. The Bertz CT molecular complexity index is 1400. The summed E-state index contributed by atoms with van der Waals surface area (Å²) in [5.74, 6) is 1.44. The lowest BCUT2D eigenvalue weighted by Crippen LogP contribution is -2.39. The number of nitrogens with one attached hydrogen (secondary N) is 4. The monoisotopic (exact) mass is 528 g/mol. The number of aromatic nitrogens is 4. The highest BCUT2D eigenvalue weighted by Gasteiger charge is 2.24. The van der Waals surface area contributed by atoms with E-state index in [1.807, 2.05) is 54.7 Å². The maximum atomic E-state index is 13.6. The third kappa shape index (κ3) is 6.35. The van der Waals surface area contributed by atoms with Crippen LogP contribution in [0.4, 0.5) is 17.3 Å². The number of hydrogen-bond donors (Lipinski definition) is 5. The van der Waals surface area contributed by atoms with Crippen molar-refractivity contribution in [2.75, 3.05) is 30.3 Å². The molecule has 1 aromatic carbocycles. The zero-order valence-corrected chi connectivity index (χ0v) is 22.4. The molecule has 4 heterocycles. The van der Waals surface area contributed by atoms with E-state index in [0.29, 0.717) is 46.9 Å². The summed E-state index contributed by atoms with van der Waals surface area (Å²) < 4.78 is 1.79. The molecule has 1 atom stereocenters. The number of benzene rings is 1. The Morgan fingerprint density at radius 3 is 2.62 bits per heavy atom. The fourth-order valence-electron chi connectivity index (χ4n) is 5.00. The van der Waals surface area contributed by atoms with E-state index < -0.39 is 0 Å². The van der Waals surface area contributed by atoms with Crippen molar-refractivity contribution >= 4 is 28.9 Å². The summed E-state index contributed by atoms with van der Waals surface area (Å²) in [6, 6.07) is 15.3. The number of aliphatic hydroxyl groups excluding tert-OH is 1. The highest BCUT2D eigenvalue weighted by atomic mass is 16.3. The fourth-order valence-corrected chi connectivity index (χ4v) is 5.00. The van der Waals surface area contributed by atoms with Gasteiger partial charge in [-0.3, -0.25) is 9.20 Å². The molecule has 0 radical (unpaired) electrons. The van der Waals surface area contributed by atoms with Gasteiger partial charge in [0.15, 0.2) is 5.65 Å². The maximum Gasteiger partial charge on any atom is 0.270 e. The Labute approximate surface area is 228 Å². The van der Waals surface area contributed by atoms with Crippen LogP contribution in [0.25, 0.3) is 16.9 Å². The Kier molecular flexibility index (Phi) is 8.33. The first-order chi connectivity index (χ1) is 19.0. The average molecular weight is 529 g/mol. The molecule has 0 saturated carbocycles. The van der Waals surface area contributed by atoms with Crippen molar-refractivity contribution in [1.29, 1.82) is 0 Å². The summed E-state index contributed by atoms with van der Waals surface area (Å²) in [6.07, 6.45) is 6.13. The molecule has 0 spiro atoms. The van der Waals surface area contributed by atoms with Crippen molar-refractivity contribution in [3.05, 3.63) is 66.7 Å². The van der Waals surface area contributed by atoms with Gasteiger partial charge in [0.2, 0.25) is 0 Å². The molecule has 10 nitrogen and oxygen atoms in total. The van der Waals surface area contributed by atoms with Gasteiger partial charge in [0.1, 0.15) is 29.4 Å². The molecule has 4 aromatic rings. The van der Waals surface area contributed by atoms with E-state index in [9.17, 15) is 9.90 Å². The number of carbonyl (C=O) groups is 1. The summed E-state index contributed by atoms with van der Waals surface area (Å²) in [4.78, 5) is 27.4. The first kappa shape index (κ1) is 26.6. The summed E-state index contributed by atoms with van der Waals surface area (Å²) in [5, 5.41) is 23.2. The summed E-state index contributed by atoms with van der Waals surface area (Å²) in [5.41, 5.74) is 3.12. The van der Waals surface area contributed by atoms with Gasteiger partial charge >= 0.3 is 0 Å². The average Bonchev–Trinajstić information content (AvgIpc) is 3.35. The van der Waals surface area contributed by atoms with Gasteiger partial charge in [-0.25, -0.2) is 15.0 Å². The van der Waals surface area contributed by atoms with Gasteiger partial charge in [-0.15, -0.1) is 0 Å². The molecular formula is C29H36N8O2. The number of carbonyl (C=O) groups excluding carboxylic acids is 1. The third-order valence-corrected chi connectivity index (χ3v) is 6.84. The molecule has 5 N–H and O–H groups in total. The molecule has 0 bridgehead atoms. The minimum atomic E-state index is -0.347. The SMILES string of the molecule is CC(C)C[C@@H](CO)NC(=O)c1c(-c2ccccc2)nc2c(Nc3cc(NC4CCNCC4)ncn3)cccn12. The first-order valence-corrected chi connectivity index (χ1v) is 13.6. The normalized spacial score (nSPS) is 14.9. The molecule has 1 amide bonds. The number of aliphatic hydroxyl groups is 1. The predicted molar refractivity (Wildman–Crippen MR) is 153 cm³/mol. The molecule has 3 aromatic heterocycles. The largest absolute Gasteiger partial charge is 0.394 e. The number of hydrogen-bond acceptors (Lipinski definition) is 8. The summed E-state index contributed by atoms with van der Waals surface area (Å²) >= 11 is 0. The van der Waals surface area contributed by atoms with Gasteiger partial charge in [-0.2, -0.15) is 0 Å².